The molecule has 0 radical (unpaired) electrons. The van der Waals surface area contributed by atoms with E-state index in [0.717, 1.165) is 6.42 Å². The number of pyridine rings is 1. The van der Waals surface area contributed by atoms with Crippen LogP contribution in [0.25, 0.3) is 0 Å². The summed E-state index contributed by atoms with van der Waals surface area (Å²) in [5, 5.41) is 20.2. The molecule has 2 rings (SSSR count). The molecule has 1 fully saturated rings. The van der Waals surface area contributed by atoms with Crippen molar-refractivity contribution in [2.24, 2.45) is 5.41 Å². The smallest absolute Gasteiger partial charge is 0.250 e. The number of piperidine rings is 1. The Balaban J connectivity index is 1.97. The summed E-state index contributed by atoms with van der Waals surface area (Å²) < 4.78 is 6.56. The fourth-order valence-electron chi connectivity index (χ4n) is 3.43. The van der Waals surface area contributed by atoms with E-state index in [1.807, 2.05) is 0 Å². The van der Waals surface area contributed by atoms with Gasteiger partial charge in [0.05, 0.1) is 12.7 Å². The molecule has 0 saturated carbocycles. The molecule has 0 spiro atoms. The number of aliphatic hydroxyl groups excluding tert-OH is 2. The Hall–Kier alpha value is -1.70. The van der Waals surface area contributed by atoms with E-state index in [1.54, 1.807) is 30.3 Å². The standard InChI is InChI=1S/C18H28N2O5/c1-25-12-4-8-18(14-21)13-20(10-6-15(18)22)17(24)7-11-19-9-3-2-5-16(19)23/h2-3,5,9,15,21-22H,4,6-8,10-14H2,1H3/t15-,18+/m1/s1. The molecule has 1 aliphatic heterocycles. The summed E-state index contributed by atoms with van der Waals surface area (Å²) in [6.45, 7) is 1.51. The van der Waals surface area contributed by atoms with E-state index in [-0.39, 0.29) is 24.5 Å². The lowest BCUT2D eigenvalue weighted by Gasteiger charge is -2.45. The van der Waals surface area contributed by atoms with Crippen molar-refractivity contribution in [3.8, 4) is 0 Å². The number of amides is 1. The quantitative estimate of drug-likeness (QED) is 0.654. The van der Waals surface area contributed by atoms with Gasteiger partial charge in [0.1, 0.15) is 0 Å². The molecule has 0 unspecified atom stereocenters. The molecule has 1 aliphatic rings. The number of aliphatic hydroxyl groups is 2. The van der Waals surface area contributed by atoms with Crippen molar-refractivity contribution in [1.82, 2.24) is 9.47 Å². The molecule has 7 heteroatoms. The Bertz CT molecular complexity index is 617. The van der Waals surface area contributed by atoms with Crippen LogP contribution in [0.4, 0.5) is 0 Å². The molecule has 2 heterocycles. The Kier molecular flexibility index (Phi) is 7.16. The minimum absolute atomic E-state index is 0.0628. The SMILES string of the molecule is COCCC[C@@]1(CO)CN(C(=O)CCn2ccccc2=O)CC[C@H]1O. The van der Waals surface area contributed by atoms with E-state index in [0.29, 0.717) is 39.1 Å². The van der Waals surface area contributed by atoms with Gasteiger partial charge in [-0.2, -0.15) is 0 Å². The van der Waals surface area contributed by atoms with E-state index in [2.05, 4.69) is 0 Å². The van der Waals surface area contributed by atoms with Crippen molar-refractivity contribution in [3.05, 3.63) is 34.7 Å². The number of hydrogen-bond donors (Lipinski definition) is 2. The monoisotopic (exact) mass is 352 g/mol. The lowest BCUT2D eigenvalue weighted by Crippen LogP contribution is -2.55. The summed E-state index contributed by atoms with van der Waals surface area (Å²) >= 11 is 0. The highest BCUT2D eigenvalue weighted by molar-refractivity contribution is 5.76. The largest absolute Gasteiger partial charge is 0.396 e. The topological polar surface area (TPSA) is 92.0 Å². The number of aryl methyl sites for hydroxylation is 1. The van der Waals surface area contributed by atoms with Gasteiger partial charge in [-0.15, -0.1) is 0 Å². The van der Waals surface area contributed by atoms with Crippen molar-refractivity contribution in [1.29, 1.82) is 0 Å². The number of ether oxygens (including phenoxy) is 1. The van der Waals surface area contributed by atoms with Gasteiger partial charge in [0.2, 0.25) is 5.91 Å². The second kappa shape index (κ2) is 9.12. The molecule has 1 saturated heterocycles. The van der Waals surface area contributed by atoms with Crippen molar-refractivity contribution in [2.45, 2.75) is 38.3 Å². The summed E-state index contributed by atoms with van der Waals surface area (Å²) in [5.41, 5.74) is -0.829. The van der Waals surface area contributed by atoms with Gasteiger partial charge in [0.15, 0.2) is 0 Å². The van der Waals surface area contributed by atoms with E-state index < -0.39 is 11.5 Å². The molecule has 1 aromatic heterocycles. The van der Waals surface area contributed by atoms with Crippen molar-refractivity contribution >= 4 is 5.91 Å². The van der Waals surface area contributed by atoms with Crippen LogP contribution in [0.1, 0.15) is 25.7 Å². The van der Waals surface area contributed by atoms with Gasteiger partial charge in [-0.05, 0) is 25.3 Å². The number of methoxy groups -OCH3 is 1. The van der Waals surface area contributed by atoms with Crippen LogP contribution in [0.3, 0.4) is 0 Å². The Morgan fingerprint density at radius 3 is 2.92 bits per heavy atom. The van der Waals surface area contributed by atoms with Gasteiger partial charge in [-0.1, -0.05) is 6.07 Å². The molecule has 0 aromatic carbocycles. The third kappa shape index (κ3) is 4.90. The summed E-state index contributed by atoms with van der Waals surface area (Å²) in [6, 6.07) is 4.90. The van der Waals surface area contributed by atoms with E-state index in [1.165, 1.54) is 10.6 Å². The van der Waals surface area contributed by atoms with Gasteiger partial charge in [-0.3, -0.25) is 9.59 Å². The summed E-state index contributed by atoms with van der Waals surface area (Å²) in [7, 11) is 1.62. The predicted octanol–water partition coefficient (Wildman–Crippen LogP) is 0.237. The molecule has 7 nitrogen and oxygen atoms in total. The van der Waals surface area contributed by atoms with Gasteiger partial charge >= 0.3 is 0 Å². The third-order valence-corrected chi connectivity index (χ3v) is 5.04. The van der Waals surface area contributed by atoms with Crippen LogP contribution in [-0.4, -0.2) is 65.1 Å². The fourth-order valence-corrected chi connectivity index (χ4v) is 3.43. The first-order valence-corrected chi connectivity index (χ1v) is 8.73. The normalized spacial score (nSPS) is 23.6. The number of aromatic nitrogens is 1. The molecular weight excluding hydrogens is 324 g/mol. The summed E-state index contributed by atoms with van der Waals surface area (Å²) in [5.74, 6) is -0.0628. The minimum Gasteiger partial charge on any atom is -0.396 e. The van der Waals surface area contributed by atoms with E-state index in [9.17, 15) is 19.8 Å². The Labute approximate surface area is 147 Å². The van der Waals surface area contributed by atoms with Gasteiger partial charge in [0.25, 0.3) is 5.56 Å². The highest BCUT2D eigenvalue weighted by Gasteiger charge is 2.43. The second-order valence-corrected chi connectivity index (χ2v) is 6.72. The average molecular weight is 352 g/mol. The molecule has 0 bridgehead atoms. The van der Waals surface area contributed by atoms with Gasteiger partial charge in [-0.25, -0.2) is 0 Å². The van der Waals surface area contributed by atoms with Crippen LogP contribution in [0.5, 0.6) is 0 Å². The first-order chi connectivity index (χ1) is 12.0. The lowest BCUT2D eigenvalue weighted by atomic mass is 9.74. The molecule has 140 valence electrons. The number of carbonyl (C=O) groups is 1. The highest BCUT2D eigenvalue weighted by atomic mass is 16.5. The molecule has 1 aromatic rings. The van der Waals surface area contributed by atoms with Gasteiger partial charge < -0.3 is 24.4 Å². The van der Waals surface area contributed by atoms with Crippen LogP contribution in [0.15, 0.2) is 29.2 Å². The van der Waals surface area contributed by atoms with Crippen LogP contribution in [-0.2, 0) is 16.1 Å². The second-order valence-electron chi connectivity index (χ2n) is 6.72. The first-order valence-electron chi connectivity index (χ1n) is 8.73. The maximum atomic E-state index is 12.5. The molecule has 0 aliphatic carbocycles. The maximum absolute atomic E-state index is 12.5. The number of rotatable bonds is 8. The zero-order valence-corrected chi connectivity index (χ0v) is 14.8. The van der Waals surface area contributed by atoms with E-state index in [4.69, 9.17) is 4.74 Å². The zero-order valence-electron chi connectivity index (χ0n) is 14.8. The van der Waals surface area contributed by atoms with Crippen LogP contribution >= 0.6 is 0 Å². The van der Waals surface area contributed by atoms with E-state index >= 15 is 0 Å². The van der Waals surface area contributed by atoms with Gasteiger partial charge in [0, 0.05) is 57.4 Å². The molecule has 2 N–H and O–H groups in total. The zero-order chi connectivity index (χ0) is 18.3. The fraction of sp³-hybridized carbons (Fsp3) is 0.667. The maximum Gasteiger partial charge on any atom is 0.250 e. The minimum atomic E-state index is -0.698. The Morgan fingerprint density at radius 1 is 1.44 bits per heavy atom. The van der Waals surface area contributed by atoms with Crippen molar-refractivity contribution in [3.63, 3.8) is 0 Å². The number of carbonyl (C=O) groups excluding carboxylic acids is 1. The molecule has 2 atom stereocenters. The molecular formula is C18H28N2O5. The van der Waals surface area contributed by atoms with Crippen LogP contribution in [0, 0.1) is 5.41 Å². The van der Waals surface area contributed by atoms with Crippen molar-refractivity contribution in [2.75, 3.05) is 33.4 Å². The van der Waals surface area contributed by atoms with Crippen LogP contribution in [0.2, 0.25) is 0 Å². The Morgan fingerprint density at radius 2 is 2.24 bits per heavy atom. The number of nitrogens with zero attached hydrogens (tertiary/aromatic N) is 2. The third-order valence-electron chi connectivity index (χ3n) is 5.04. The summed E-state index contributed by atoms with van der Waals surface area (Å²) in [4.78, 5) is 26.0. The summed E-state index contributed by atoms with van der Waals surface area (Å²) in [6.07, 6.45) is 3.02. The average Bonchev–Trinajstić information content (AvgIpc) is 2.62. The number of hydrogen-bond acceptors (Lipinski definition) is 5. The highest BCUT2D eigenvalue weighted by Crippen LogP contribution is 2.35. The van der Waals surface area contributed by atoms with Crippen molar-refractivity contribution < 1.29 is 19.7 Å². The van der Waals surface area contributed by atoms with Crippen LogP contribution < -0.4 is 5.56 Å². The molecule has 25 heavy (non-hydrogen) atoms. The first kappa shape index (κ1) is 19.6. The predicted molar refractivity (Wildman–Crippen MR) is 93.2 cm³/mol. The lowest BCUT2D eigenvalue weighted by molar-refractivity contribution is -0.143. The molecule has 1 amide bonds. The number of likely N-dealkylation sites (tertiary alicyclic amines) is 1.